The molecule has 0 saturated carbocycles. The Morgan fingerprint density at radius 1 is 1.19 bits per heavy atom. The number of piperazine rings is 1. The van der Waals surface area contributed by atoms with Crippen molar-refractivity contribution in [1.82, 2.24) is 10.3 Å². The van der Waals surface area contributed by atoms with Gasteiger partial charge in [0.1, 0.15) is 5.56 Å². The number of aromatic carboxylic acids is 1. The minimum Gasteiger partial charge on any atom is -0.478 e. The molecule has 0 atom stereocenters. The Kier molecular flexibility index (Phi) is 3.02. The number of nitrogens with zero attached hydrogens (tertiary/aromatic N) is 2. The first-order valence-corrected chi connectivity index (χ1v) is 6.25. The molecule has 2 aromatic rings. The first kappa shape index (κ1) is 13.0. The van der Waals surface area contributed by atoms with Crippen molar-refractivity contribution in [1.29, 1.82) is 0 Å². The van der Waals surface area contributed by atoms with Gasteiger partial charge in [-0.05, 0) is 6.07 Å². The van der Waals surface area contributed by atoms with Gasteiger partial charge in [-0.3, -0.25) is 19.9 Å². The first-order chi connectivity index (χ1) is 10.1. The number of aromatic nitrogens is 1. The second-order valence-electron chi connectivity index (χ2n) is 4.67. The van der Waals surface area contributed by atoms with Crippen LogP contribution in [-0.4, -0.2) is 41.0 Å². The Morgan fingerprint density at radius 3 is 2.52 bits per heavy atom. The van der Waals surface area contributed by atoms with Gasteiger partial charge in [-0.15, -0.1) is 0 Å². The largest absolute Gasteiger partial charge is 0.478 e. The zero-order valence-electron chi connectivity index (χ0n) is 10.9. The number of carbonyl (C=O) groups is 3. The number of nitrogens with one attached hydrogen (secondary N) is 1. The molecular weight excluding hydrogens is 274 g/mol. The third-order valence-corrected chi connectivity index (χ3v) is 3.24. The van der Waals surface area contributed by atoms with Gasteiger partial charge in [0.2, 0.25) is 11.8 Å². The summed E-state index contributed by atoms with van der Waals surface area (Å²) in [5.74, 6) is -2.06. The number of fused-ring (bicyclic) bond motifs is 1. The molecule has 1 aliphatic heterocycles. The third kappa shape index (κ3) is 2.29. The minimum atomic E-state index is -1.15. The predicted octanol–water partition coefficient (Wildman–Crippen LogP) is 0.396. The van der Waals surface area contributed by atoms with Crippen molar-refractivity contribution >= 4 is 34.4 Å². The van der Waals surface area contributed by atoms with Crippen LogP contribution in [0.25, 0.3) is 10.9 Å². The topological polar surface area (TPSA) is 99.6 Å². The second kappa shape index (κ2) is 4.86. The average molecular weight is 285 g/mol. The fourth-order valence-electron chi connectivity index (χ4n) is 2.42. The highest BCUT2D eigenvalue weighted by atomic mass is 16.4. The number of carbonyl (C=O) groups excluding carboxylic acids is 2. The number of anilines is 1. The molecule has 7 heteroatoms. The van der Waals surface area contributed by atoms with E-state index in [1.807, 2.05) is 0 Å². The lowest BCUT2D eigenvalue weighted by Crippen LogP contribution is -2.52. The molecule has 1 aliphatic rings. The van der Waals surface area contributed by atoms with E-state index in [0.29, 0.717) is 16.6 Å². The van der Waals surface area contributed by atoms with Crippen molar-refractivity contribution in [3.63, 3.8) is 0 Å². The number of carboxylic acid groups (broad SMARTS) is 1. The number of para-hydroxylation sites is 1. The molecule has 2 heterocycles. The van der Waals surface area contributed by atoms with Gasteiger partial charge in [-0.25, -0.2) is 4.79 Å². The highest BCUT2D eigenvalue weighted by molar-refractivity contribution is 6.09. The summed E-state index contributed by atoms with van der Waals surface area (Å²) >= 11 is 0. The molecule has 1 saturated heterocycles. The van der Waals surface area contributed by atoms with Gasteiger partial charge < -0.3 is 10.0 Å². The lowest BCUT2D eigenvalue weighted by atomic mass is 10.1. The van der Waals surface area contributed by atoms with Crippen molar-refractivity contribution < 1.29 is 19.5 Å². The van der Waals surface area contributed by atoms with E-state index in [1.165, 1.54) is 11.1 Å². The van der Waals surface area contributed by atoms with E-state index in [9.17, 15) is 19.5 Å². The van der Waals surface area contributed by atoms with Gasteiger partial charge >= 0.3 is 5.97 Å². The predicted molar refractivity (Wildman–Crippen MR) is 74.1 cm³/mol. The Balaban J connectivity index is 2.23. The number of pyridine rings is 1. The average Bonchev–Trinajstić information content (AvgIpc) is 2.44. The molecule has 0 unspecified atom stereocenters. The maximum Gasteiger partial charge on any atom is 0.339 e. The van der Waals surface area contributed by atoms with E-state index in [0.717, 1.165) is 0 Å². The van der Waals surface area contributed by atoms with Gasteiger partial charge in [0.25, 0.3) is 0 Å². The maximum absolute atomic E-state index is 11.5. The third-order valence-electron chi connectivity index (χ3n) is 3.24. The molecule has 1 aromatic carbocycles. The van der Waals surface area contributed by atoms with Gasteiger partial charge in [0.05, 0.1) is 24.3 Å². The van der Waals surface area contributed by atoms with Crippen LogP contribution in [0.2, 0.25) is 0 Å². The lowest BCUT2D eigenvalue weighted by molar-refractivity contribution is -0.130. The standard InChI is InChI=1S/C14H11N3O4/c18-11-6-17(7-12(19)16-11)13-8-3-1-2-4-10(8)15-5-9(13)14(20)21/h1-5H,6-7H2,(H,20,21)(H,16,18,19). The smallest absolute Gasteiger partial charge is 0.339 e. The summed E-state index contributed by atoms with van der Waals surface area (Å²) in [6.07, 6.45) is 1.25. The van der Waals surface area contributed by atoms with Crippen molar-refractivity contribution in [3.8, 4) is 0 Å². The second-order valence-corrected chi connectivity index (χ2v) is 4.67. The van der Waals surface area contributed by atoms with Gasteiger partial charge in [-0.1, -0.05) is 18.2 Å². The number of hydrogen-bond acceptors (Lipinski definition) is 5. The number of imide groups is 1. The van der Waals surface area contributed by atoms with E-state index in [1.54, 1.807) is 24.3 Å². The van der Waals surface area contributed by atoms with Crippen LogP contribution in [0, 0.1) is 0 Å². The fraction of sp³-hybridized carbons (Fsp3) is 0.143. The number of benzene rings is 1. The number of rotatable bonds is 2. The highest BCUT2D eigenvalue weighted by Crippen LogP contribution is 2.30. The van der Waals surface area contributed by atoms with Crippen LogP contribution in [0.5, 0.6) is 0 Å². The monoisotopic (exact) mass is 285 g/mol. The van der Waals surface area contributed by atoms with Crippen LogP contribution in [-0.2, 0) is 9.59 Å². The lowest BCUT2D eigenvalue weighted by Gasteiger charge is -2.29. The van der Waals surface area contributed by atoms with Crippen LogP contribution in [0.15, 0.2) is 30.5 Å². The zero-order valence-corrected chi connectivity index (χ0v) is 10.9. The van der Waals surface area contributed by atoms with E-state index in [2.05, 4.69) is 10.3 Å². The van der Waals surface area contributed by atoms with E-state index in [-0.39, 0.29) is 18.7 Å². The molecular formula is C14H11N3O4. The van der Waals surface area contributed by atoms with Crippen molar-refractivity contribution in [3.05, 3.63) is 36.0 Å². The fourth-order valence-corrected chi connectivity index (χ4v) is 2.42. The highest BCUT2D eigenvalue weighted by Gasteiger charge is 2.27. The van der Waals surface area contributed by atoms with Crippen LogP contribution < -0.4 is 10.2 Å². The molecule has 3 rings (SSSR count). The molecule has 2 N–H and O–H groups in total. The van der Waals surface area contributed by atoms with Crippen LogP contribution in [0.1, 0.15) is 10.4 Å². The molecule has 0 aliphatic carbocycles. The molecule has 1 fully saturated rings. The van der Waals surface area contributed by atoms with E-state index >= 15 is 0 Å². The van der Waals surface area contributed by atoms with Crippen LogP contribution >= 0.6 is 0 Å². The summed E-state index contributed by atoms with van der Waals surface area (Å²) in [5, 5.41) is 12.1. The van der Waals surface area contributed by atoms with Crippen molar-refractivity contribution in [2.24, 2.45) is 0 Å². The molecule has 106 valence electrons. The van der Waals surface area contributed by atoms with Crippen LogP contribution in [0.3, 0.4) is 0 Å². The number of hydrogen-bond donors (Lipinski definition) is 2. The summed E-state index contributed by atoms with van der Waals surface area (Å²) < 4.78 is 0. The summed E-state index contributed by atoms with van der Waals surface area (Å²) in [7, 11) is 0. The molecule has 2 amide bonds. The minimum absolute atomic E-state index is 0.0313. The van der Waals surface area contributed by atoms with Crippen molar-refractivity contribution in [2.75, 3.05) is 18.0 Å². The molecule has 0 bridgehead atoms. The summed E-state index contributed by atoms with van der Waals surface area (Å²) in [6.45, 7) is -0.139. The SMILES string of the molecule is O=C1CN(c2c(C(=O)O)cnc3ccccc23)CC(=O)N1. The van der Waals surface area contributed by atoms with Gasteiger partial charge in [-0.2, -0.15) is 0 Å². The van der Waals surface area contributed by atoms with Crippen LogP contribution in [0.4, 0.5) is 5.69 Å². The summed E-state index contributed by atoms with van der Waals surface area (Å²) in [6, 6.07) is 7.01. The van der Waals surface area contributed by atoms with Gasteiger partial charge in [0, 0.05) is 11.6 Å². The molecule has 21 heavy (non-hydrogen) atoms. The number of amides is 2. The molecule has 0 radical (unpaired) electrons. The quantitative estimate of drug-likeness (QED) is 0.775. The normalized spacial score (nSPS) is 15.1. The Morgan fingerprint density at radius 2 is 1.86 bits per heavy atom. The Hall–Kier alpha value is -2.96. The van der Waals surface area contributed by atoms with E-state index in [4.69, 9.17) is 0 Å². The number of carboxylic acids is 1. The Labute approximate surface area is 119 Å². The summed E-state index contributed by atoms with van der Waals surface area (Å²) in [4.78, 5) is 40.1. The van der Waals surface area contributed by atoms with E-state index < -0.39 is 17.8 Å². The molecule has 0 spiro atoms. The molecule has 1 aromatic heterocycles. The molecule has 7 nitrogen and oxygen atoms in total. The Bertz CT molecular complexity index is 756. The zero-order chi connectivity index (χ0) is 15.0. The first-order valence-electron chi connectivity index (χ1n) is 6.25. The van der Waals surface area contributed by atoms with Gasteiger partial charge in [0.15, 0.2) is 0 Å². The maximum atomic E-state index is 11.5. The van der Waals surface area contributed by atoms with Crippen molar-refractivity contribution in [2.45, 2.75) is 0 Å². The summed E-state index contributed by atoms with van der Waals surface area (Å²) in [5.41, 5.74) is 0.920.